The molecule has 2 heterocycles. The van der Waals surface area contributed by atoms with Gasteiger partial charge < -0.3 is 9.88 Å². The van der Waals surface area contributed by atoms with Crippen LogP contribution in [0.3, 0.4) is 0 Å². The number of amides is 1. The molecule has 0 unspecified atom stereocenters. The monoisotopic (exact) mass is 479 g/mol. The molecule has 1 aliphatic rings. The summed E-state index contributed by atoms with van der Waals surface area (Å²) in [6.07, 6.45) is 10.2. The molecule has 0 radical (unpaired) electrons. The van der Waals surface area contributed by atoms with Crippen LogP contribution in [0.5, 0.6) is 0 Å². The molecule has 4 rings (SSSR count). The van der Waals surface area contributed by atoms with Gasteiger partial charge >= 0.3 is 5.69 Å². The maximum Gasteiger partial charge on any atom is 0.333 e. The van der Waals surface area contributed by atoms with E-state index in [0.717, 1.165) is 42.2 Å². The van der Waals surface area contributed by atoms with Crippen molar-refractivity contribution < 1.29 is 4.79 Å². The number of imidazole rings is 1. The third-order valence-electron chi connectivity index (χ3n) is 6.89. The number of nitrogens with one attached hydrogen (secondary N) is 1. The smallest absolute Gasteiger partial charge is 0.333 e. The summed E-state index contributed by atoms with van der Waals surface area (Å²) < 4.78 is 4.42. The highest BCUT2D eigenvalue weighted by molar-refractivity contribution is 5.77. The summed E-state index contributed by atoms with van der Waals surface area (Å²) in [4.78, 5) is 44.5. The maximum atomic E-state index is 13.5. The summed E-state index contributed by atoms with van der Waals surface area (Å²) in [5.74, 6) is 0.174. The Bertz CT molecular complexity index is 1250. The second kappa shape index (κ2) is 11.5. The molecule has 188 valence electrons. The lowest BCUT2D eigenvalue weighted by Crippen LogP contribution is -2.46. The van der Waals surface area contributed by atoms with E-state index < -0.39 is 11.2 Å². The standard InChI is InChI=1S/C27H37N5O3/c1-20(2)15-16-30-19-28-25-24(30)26(34)32(27(35)31(25)17-21-11-7-6-8-12-21)18-23(33)29-22-13-9-4-3-5-10-14-22/h6-8,11-12,19-20,22H,3-5,9-10,13-18H2,1-2H3,(H,29,33). The van der Waals surface area contributed by atoms with Crippen molar-refractivity contribution in [3.05, 3.63) is 63.1 Å². The van der Waals surface area contributed by atoms with E-state index in [-0.39, 0.29) is 25.0 Å². The zero-order valence-electron chi connectivity index (χ0n) is 20.9. The van der Waals surface area contributed by atoms with Crippen molar-refractivity contribution in [1.82, 2.24) is 24.0 Å². The molecule has 1 saturated carbocycles. The van der Waals surface area contributed by atoms with Crippen LogP contribution in [0.25, 0.3) is 11.2 Å². The Morgan fingerprint density at radius 3 is 2.40 bits per heavy atom. The van der Waals surface area contributed by atoms with Crippen LogP contribution in [0, 0.1) is 5.92 Å². The third kappa shape index (κ3) is 6.10. The molecule has 0 spiro atoms. The number of benzene rings is 1. The molecule has 8 heteroatoms. The average Bonchev–Trinajstić information content (AvgIpc) is 3.24. The SMILES string of the molecule is CC(C)CCn1cnc2c1c(=O)n(CC(=O)NC1CCCCCCC1)c(=O)n2Cc1ccccc1. The van der Waals surface area contributed by atoms with E-state index in [1.807, 2.05) is 34.9 Å². The molecular formula is C27H37N5O3. The number of fused-ring (bicyclic) bond motifs is 1. The molecule has 2 aromatic heterocycles. The van der Waals surface area contributed by atoms with Crippen molar-refractivity contribution in [3.8, 4) is 0 Å². The van der Waals surface area contributed by atoms with Gasteiger partial charge in [-0.05, 0) is 30.7 Å². The number of hydrogen-bond donors (Lipinski definition) is 1. The fourth-order valence-electron chi connectivity index (χ4n) is 4.87. The van der Waals surface area contributed by atoms with Gasteiger partial charge in [0.25, 0.3) is 5.56 Å². The Morgan fingerprint density at radius 2 is 1.71 bits per heavy atom. The van der Waals surface area contributed by atoms with Crippen LogP contribution in [0.15, 0.2) is 46.2 Å². The Morgan fingerprint density at radius 1 is 1.03 bits per heavy atom. The molecule has 0 aliphatic heterocycles. The van der Waals surface area contributed by atoms with Gasteiger partial charge in [-0.1, -0.05) is 76.3 Å². The van der Waals surface area contributed by atoms with Gasteiger partial charge in [0, 0.05) is 12.6 Å². The number of rotatable bonds is 8. The molecule has 3 aromatic rings. The van der Waals surface area contributed by atoms with E-state index in [0.29, 0.717) is 23.6 Å². The average molecular weight is 480 g/mol. The van der Waals surface area contributed by atoms with Gasteiger partial charge in [-0.3, -0.25) is 14.2 Å². The first kappa shape index (κ1) is 24.9. The summed E-state index contributed by atoms with van der Waals surface area (Å²) in [6, 6.07) is 9.72. The highest BCUT2D eigenvalue weighted by atomic mass is 16.2. The van der Waals surface area contributed by atoms with Gasteiger partial charge in [0.15, 0.2) is 11.2 Å². The van der Waals surface area contributed by atoms with Gasteiger partial charge in [0.1, 0.15) is 6.54 Å². The summed E-state index contributed by atoms with van der Waals surface area (Å²) in [5, 5.41) is 3.09. The first-order valence-electron chi connectivity index (χ1n) is 13.0. The Balaban J connectivity index is 1.69. The van der Waals surface area contributed by atoms with E-state index in [1.54, 1.807) is 6.33 Å². The van der Waals surface area contributed by atoms with Gasteiger partial charge in [0.05, 0.1) is 12.9 Å². The van der Waals surface area contributed by atoms with Gasteiger partial charge in [-0.2, -0.15) is 0 Å². The Labute approximate surface area is 206 Å². The van der Waals surface area contributed by atoms with Crippen LogP contribution < -0.4 is 16.6 Å². The van der Waals surface area contributed by atoms with Crippen LogP contribution in [0.4, 0.5) is 0 Å². The van der Waals surface area contributed by atoms with Crippen LogP contribution in [-0.4, -0.2) is 30.6 Å². The van der Waals surface area contributed by atoms with E-state index in [9.17, 15) is 14.4 Å². The maximum absolute atomic E-state index is 13.5. The lowest BCUT2D eigenvalue weighted by molar-refractivity contribution is -0.122. The molecule has 1 aromatic carbocycles. The second-order valence-corrected chi connectivity index (χ2v) is 10.1. The van der Waals surface area contributed by atoms with Gasteiger partial charge in [-0.25, -0.2) is 14.3 Å². The lowest BCUT2D eigenvalue weighted by atomic mass is 9.97. The molecule has 1 aliphatic carbocycles. The number of carbonyl (C=O) groups excluding carboxylic acids is 1. The van der Waals surface area contributed by atoms with Crippen molar-refractivity contribution in [3.63, 3.8) is 0 Å². The molecule has 8 nitrogen and oxygen atoms in total. The minimum Gasteiger partial charge on any atom is -0.352 e. The molecule has 0 saturated heterocycles. The molecule has 0 bridgehead atoms. The van der Waals surface area contributed by atoms with E-state index in [4.69, 9.17) is 0 Å². The largest absolute Gasteiger partial charge is 0.352 e. The minimum absolute atomic E-state index is 0.102. The normalized spacial score (nSPS) is 15.3. The van der Waals surface area contributed by atoms with Crippen LogP contribution in [-0.2, 0) is 24.4 Å². The molecule has 1 fully saturated rings. The predicted molar refractivity (Wildman–Crippen MR) is 138 cm³/mol. The first-order chi connectivity index (χ1) is 16.9. The zero-order valence-corrected chi connectivity index (χ0v) is 20.9. The minimum atomic E-state index is -0.506. The van der Waals surface area contributed by atoms with E-state index >= 15 is 0 Å². The Hall–Kier alpha value is -3.16. The van der Waals surface area contributed by atoms with Crippen molar-refractivity contribution in [2.75, 3.05) is 0 Å². The molecule has 0 atom stereocenters. The topological polar surface area (TPSA) is 90.9 Å². The first-order valence-corrected chi connectivity index (χ1v) is 13.0. The number of hydrogen-bond acceptors (Lipinski definition) is 4. The van der Waals surface area contributed by atoms with Crippen molar-refractivity contribution in [2.24, 2.45) is 5.92 Å². The lowest BCUT2D eigenvalue weighted by Gasteiger charge is -2.21. The van der Waals surface area contributed by atoms with Crippen molar-refractivity contribution in [1.29, 1.82) is 0 Å². The van der Waals surface area contributed by atoms with Gasteiger partial charge in [0.2, 0.25) is 5.91 Å². The predicted octanol–water partition coefficient (Wildman–Crippen LogP) is 3.68. The van der Waals surface area contributed by atoms with E-state index in [2.05, 4.69) is 24.1 Å². The number of carbonyl (C=O) groups is 1. The molecule has 1 N–H and O–H groups in total. The summed E-state index contributed by atoms with van der Waals surface area (Å²) in [7, 11) is 0. The number of nitrogens with zero attached hydrogens (tertiary/aromatic N) is 4. The van der Waals surface area contributed by atoms with Crippen LogP contribution in [0.1, 0.15) is 70.8 Å². The summed E-state index contributed by atoms with van der Waals surface area (Å²) in [6.45, 7) is 4.88. The Kier molecular flexibility index (Phi) is 8.21. The summed E-state index contributed by atoms with van der Waals surface area (Å²) >= 11 is 0. The molecule has 1 amide bonds. The quantitative estimate of drug-likeness (QED) is 0.534. The van der Waals surface area contributed by atoms with Crippen molar-refractivity contribution in [2.45, 2.75) is 90.9 Å². The van der Waals surface area contributed by atoms with Crippen molar-refractivity contribution >= 4 is 17.1 Å². The van der Waals surface area contributed by atoms with Gasteiger partial charge in [-0.15, -0.1) is 0 Å². The zero-order chi connectivity index (χ0) is 24.8. The highest BCUT2D eigenvalue weighted by Gasteiger charge is 2.21. The summed E-state index contributed by atoms with van der Waals surface area (Å²) in [5.41, 5.74) is 0.706. The molecular weight excluding hydrogens is 442 g/mol. The highest BCUT2D eigenvalue weighted by Crippen LogP contribution is 2.17. The fourth-order valence-corrected chi connectivity index (χ4v) is 4.87. The fraction of sp³-hybridized carbons (Fsp3) is 0.556. The third-order valence-corrected chi connectivity index (χ3v) is 6.89. The molecule has 35 heavy (non-hydrogen) atoms. The number of aryl methyl sites for hydroxylation is 1. The van der Waals surface area contributed by atoms with E-state index in [1.165, 1.54) is 23.8 Å². The van der Waals surface area contributed by atoms with Crippen LogP contribution >= 0.6 is 0 Å². The second-order valence-electron chi connectivity index (χ2n) is 10.1. The number of aromatic nitrogens is 4. The van der Waals surface area contributed by atoms with Crippen LogP contribution in [0.2, 0.25) is 0 Å².